The van der Waals surface area contributed by atoms with Gasteiger partial charge in [0.05, 0.1) is 28.6 Å². The Morgan fingerprint density at radius 2 is 1.96 bits per heavy atom. The minimum absolute atomic E-state index is 0.265. The Kier molecular flexibility index (Phi) is 4.00. The predicted octanol–water partition coefficient (Wildman–Crippen LogP) is 3.68. The van der Waals surface area contributed by atoms with E-state index in [-0.39, 0.29) is 5.69 Å². The van der Waals surface area contributed by atoms with Gasteiger partial charge in [-0.3, -0.25) is 9.55 Å². The molecule has 120 valence electrons. The molecule has 1 N–H and O–H groups in total. The highest BCUT2D eigenvalue weighted by molar-refractivity contribution is 6.30. The second-order valence-corrected chi connectivity index (χ2v) is 6.39. The second-order valence-electron chi connectivity index (χ2n) is 5.96. The average Bonchev–Trinajstić information content (AvgIpc) is 2.96. The number of imidazole rings is 1. The van der Waals surface area contributed by atoms with E-state index in [1.165, 1.54) is 4.57 Å². The molecule has 0 saturated heterocycles. The average molecular weight is 339 g/mol. The van der Waals surface area contributed by atoms with E-state index in [2.05, 4.69) is 16.0 Å². The monoisotopic (exact) mass is 338 g/mol. The molecule has 1 aromatic carbocycles. The number of nitrogens with one attached hydrogen (secondary N) is 1. The lowest BCUT2D eigenvalue weighted by atomic mass is 9.86. The molecular weight excluding hydrogens is 324 g/mol. The highest BCUT2D eigenvalue weighted by atomic mass is 35.5. The number of H-pyrrole nitrogens is 1. The van der Waals surface area contributed by atoms with Gasteiger partial charge in [0.15, 0.2) is 0 Å². The van der Waals surface area contributed by atoms with Crippen molar-refractivity contribution in [3.05, 3.63) is 69.9 Å². The van der Waals surface area contributed by atoms with Crippen molar-refractivity contribution in [1.82, 2.24) is 14.5 Å². The molecule has 0 spiro atoms. The molecule has 3 aromatic rings. The third kappa shape index (κ3) is 2.84. The highest BCUT2D eigenvalue weighted by Gasteiger charge is 2.20. The lowest BCUT2D eigenvalue weighted by Crippen LogP contribution is -2.17. The van der Waals surface area contributed by atoms with Crippen LogP contribution in [0, 0.1) is 11.3 Å². The number of benzene rings is 1. The molecule has 0 radical (unpaired) electrons. The number of nitrogens with zero attached hydrogens (tertiary/aromatic N) is 3. The Hall–Kier alpha value is -2.84. The molecule has 6 heteroatoms. The third-order valence-corrected chi connectivity index (χ3v) is 4.12. The van der Waals surface area contributed by atoms with Gasteiger partial charge in [0.25, 0.3) is 0 Å². The van der Waals surface area contributed by atoms with E-state index in [0.29, 0.717) is 22.1 Å². The van der Waals surface area contributed by atoms with E-state index in [1.54, 1.807) is 24.5 Å². The van der Waals surface area contributed by atoms with Crippen LogP contribution in [-0.2, 0) is 5.41 Å². The normalized spacial score (nSPS) is 11.2. The summed E-state index contributed by atoms with van der Waals surface area (Å²) in [7, 11) is 0. The number of pyridine rings is 1. The summed E-state index contributed by atoms with van der Waals surface area (Å²) < 4.78 is 1.53. The van der Waals surface area contributed by atoms with E-state index in [9.17, 15) is 10.1 Å². The van der Waals surface area contributed by atoms with E-state index < -0.39 is 5.41 Å². The van der Waals surface area contributed by atoms with Crippen LogP contribution >= 0.6 is 11.6 Å². The third-order valence-electron chi connectivity index (χ3n) is 3.89. The summed E-state index contributed by atoms with van der Waals surface area (Å²) in [4.78, 5) is 19.2. The summed E-state index contributed by atoms with van der Waals surface area (Å²) in [5.41, 5.74) is 1.95. The van der Waals surface area contributed by atoms with Gasteiger partial charge in [-0.15, -0.1) is 0 Å². The Morgan fingerprint density at radius 3 is 2.58 bits per heavy atom. The van der Waals surface area contributed by atoms with Crippen molar-refractivity contribution < 1.29 is 0 Å². The molecule has 5 nitrogen and oxygen atoms in total. The summed E-state index contributed by atoms with van der Waals surface area (Å²) >= 11 is 6.02. The predicted molar refractivity (Wildman–Crippen MR) is 93.3 cm³/mol. The summed E-state index contributed by atoms with van der Waals surface area (Å²) in [6, 6.07) is 13.0. The number of hydrogen-bond donors (Lipinski definition) is 1. The molecule has 0 fully saturated rings. The van der Waals surface area contributed by atoms with Gasteiger partial charge in [-0.1, -0.05) is 23.7 Å². The molecule has 0 atom stereocenters. The molecule has 0 bridgehead atoms. The minimum atomic E-state index is -0.584. The van der Waals surface area contributed by atoms with Crippen molar-refractivity contribution in [3.8, 4) is 23.1 Å². The van der Waals surface area contributed by atoms with Crippen LogP contribution in [0.1, 0.15) is 19.4 Å². The van der Waals surface area contributed by atoms with E-state index in [4.69, 9.17) is 11.6 Å². The lowest BCUT2D eigenvalue weighted by Gasteiger charge is -2.16. The van der Waals surface area contributed by atoms with Crippen LogP contribution in [0.2, 0.25) is 5.02 Å². The van der Waals surface area contributed by atoms with Crippen LogP contribution in [0.5, 0.6) is 0 Å². The van der Waals surface area contributed by atoms with Crippen molar-refractivity contribution in [2.24, 2.45) is 0 Å². The van der Waals surface area contributed by atoms with Crippen LogP contribution < -0.4 is 5.69 Å². The summed E-state index contributed by atoms with van der Waals surface area (Å²) in [5.74, 6) is 0. The highest BCUT2D eigenvalue weighted by Crippen LogP contribution is 2.25. The Morgan fingerprint density at radius 1 is 1.25 bits per heavy atom. The maximum absolute atomic E-state index is 12.2. The van der Waals surface area contributed by atoms with Crippen molar-refractivity contribution in [2.75, 3.05) is 0 Å². The quantitative estimate of drug-likeness (QED) is 0.791. The van der Waals surface area contributed by atoms with Gasteiger partial charge >= 0.3 is 5.69 Å². The van der Waals surface area contributed by atoms with Crippen LogP contribution in [-0.4, -0.2) is 14.5 Å². The standard InChI is InChI=1S/C18H15ClN4O/c1-18(2,11-20)12-3-5-14(6-4-12)23-16(10-22-17(23)24)15-9-13(19)7-8-21-15/h3-10H,1-2H3,(H,22,24). The molecule has 0 amide bonds. The van der Waals surface area contributed by atoms with Crippen molar-refractivity contribution in [1.29, 1.82) is 5.26 Å². The Bertz CT molecular complexity index is 977. The lowest BCUT2D eigenvalue weighted by molar-refractivity contribution is 0.686. The second kappa shape index (κ2) is 5.99. The molecule has 0 aliphatic carbocycles. The van der Waals surface area contributed by atoms with Gasteiger partial charge in [-0.2, -0.15) is 5.26 Å². The van der Waals surface area contributed by atoms with E-state index in [0.717, 1.165) is 5.56 Å². The van der Waals surface area contributed by atoms with Crippen molar-refractivity contribution >= 4 is 11.6 Å². The molecule has 0 aliphatic rings. The van der Waals surface area contributed by atoms with Gasteiger partial charge in [-0.05, 0) is 43.7 Å². The summed E-state index contributed by atoms with van der Waals surface area (Å²) in [6.07, 6.45) is 3.20. The van der Waals surface area contributed by atoms with Gasteiger partial charge in [0.1, 0.15) is 0 Å². The van der Waals surface area contributed by atoms with Crippen molar-refractivity contribution in [2.45, 2.75) is 19.3 Å². The van der Waals surface area contributed by atoms with Gasteiger partial charge < -0.3 is 4.98 Å². The summed E-state index contributed by atoms with van der Waals surface area (Å²) in [6.45, 7) is 3.71. The fraction of sp³-hybridized carbons (Fsp3) is 0.167. The Balaban J connectivity index is 2.10. The minimum Gasteiger partial charge on any atom is -0.312 e. The van der Waals surface area contributed by atoms with Gasteiger partial charge in [0.2, 0.25) is 0 Å². The first kappa shape index (κ1) is 16.0. The van der Waals surface area contributed by atoms with E-state index >= 15 is 0 Å². The first-order valence-electron chi connectivity index (χ1n) is 7.37. The smallest absolute Gasteiger partial charge is 0.312 e. The fourth-order valence-corrected chi connectivity index (χ4v) is 2.61. The van der Waals surface area contributed by atoms with Crippen LogP contribution in [0.25, 0.3) is 17.1 Å². The Labute approximate surface area is 144 Å². The molecule has 24 heavy (non-hydrogen) atoms. The first-order valence-corrected chi connectivity index (χ1v) is 7.75. The SMILES string of the molecule is CC(C)(C#N)c1ccc(-n2c(-c3cc(Cl)ccn3)c[nH]c2=O)cc1. The summed E-state index contributed by atoms with van der Waals surface area (Å²) in [5, 5.41) is 9.78. The zero-order chi connectivity index (χ0) is 17.3. The number of aromatic amines is 1. The molecule has 3 rings (SSSR count). The molecule has 2 heterocycles. The van der Waals surface area contributed by atoms with Crippen molar-refractivity contribution in [3.63, 3.8) is 0 Å². The van der Waals surface area contributed by atoms with Gasteiger partial charge in [0, 0.05) is 17.4 Å². The van der Waals surface area contributed by atoms with Crippen LogP contribution in [0.4, 0.5) is 0 Å². The van der Waals surface area contributed by atoms with Crippen LogP contribution in [0.15, 0.2) is 53.6 Å². The van der Waals surface area contributed by atoms with Gasteiger partial charge in [-0.25, -0.2) is 4.79 Å². The zero-order valence-corrected chi connectivity index (χ0v) is 14.0. The number of aromatic nitrogens is 3. The molecule has 0 saturated carbocycles. The first-order chi connectivity index (χ1) is 11.4. The fourth-order valence-electron chi connectivity index (χ4n) is 2.45. The number of halogens is 1. The largest absolute Gasteiger partial charge is 0.330 e. The molecule has 0 aliphatic heterocycles. The molecule has 0 unspecified atom stereocenters. The number of hydrogen-bond acceptors (Lipinski definition) is 3. The number of rotatable bonds is 3. The topological polar surface area (TPSA) is 74.5 Å². The van der Waals surface area contributed by atoms with Crippen LogP contribution in [0.3, 0.4) is 0 Å². The van der Waals surface area contributed by atoms with E-state index in [1.807, 2.05) is 38.1 Å². The number of nitriles is 1. The maximum Gasteiger partial charge on any atom is 0.330 e. The molecule has 2 aromatic heterocycles. The molecular formula is C18H15ClN4O. The zero-order valence-electron chi connectivity index (χ0n) is 13.2. The maximum atomic E-state index is 12.2.